The molecule has 2 fully saturated rings. The minimum atomic E-state index is -0.635. The number of hydrogen-bond donors (Lipinski definition) is 0. The van der Waals surface area contributed by atoms with E-state index < -0.39 is 29.5 Å². The van der Waals surface area contributed by atoms with E-state index >= 15 is 0 Å². The average molecular weight is 326 g/mol. The topological polar surface area (TPSA) is 93.2 Å². The molecule has 0 bridgehead atoms. The molecule has 0 aromatic rings. The molecule has 2 rings (SSSR count). The number of carbonyl (C=O) groups excluding carboxylic acids is 4. The monoisotopic (exact) mass is 326 g/mol. The van der Waals surface area contributed by atoms with Crippen LogP contribution in [0.3, 0.4) is 0 Å². The van der Waals surface area contributed by atoms with Crippen LogP contribution in [0.25, 0.3) is 0 Å². The van der Waals surface area contributed by atoms with E-state index in [0.29, 0.717) is 24.6 Å². The second-order valence-corrected chi connectivity index (χ2v) is 6.83. The normalized spacial score (nSPS) is 21.8. The van der Waals surface area contributed by atoms with Crippen LogP contribution < -0.4 is 0 Å². The standard InChI is InChI=1S/C15H22N2O6/c1-15(2,3)22-14(21)16-7-6-10(9-16)8-13(20)23-17-11(18)4-5-12(17)19/h10H,4-9H2,1-3H3. The summed E-state index contributed by atoms with van der Waals surface area (Å²) in [5.74, 6) is -1.69. The fraction of sp³-hybridized carbons (Fsp3) is 0.733. The maximum Gasteiger partial charge on any atom is 0.410 e. The number of hydroxylamine groups is 2. The highest BCUT2D eigenvalue weighted by Gasteiger charge is 2.35. The summed E-state index contributed by atoms with van der Waals surface area (Å²) in [6.07, 6.45) is 0.439. The number of rotatable bonds is 3. The van der Waals surface area contributed by atoms with Gasteiger partial charge in [-0.2, -0.15) is 0 Å². The van der Waals surface area contributed by atoms with Crippen molar-refractivity contribution in [2.24, 2.45) is 5.92 Å². The van der Waals surface area contributed by atoms with Gasteiger partial charge in [-0.1, -0.05) is 0 Å². The Morgan fingerprint density at radius 3 is 2.35 bits per heavy atom. The van der Waals surface area contributed by atoms with Gasteiger partial charge < -0.3 is 14.5 Å². The summed E-state index contributed by atoms with van der Waals surface area (Å²) in [5.41, 5.74) is -0.565. The van der Waals surface area contributed by atoms with E-state index in [1.807, 2.05) is 0 Å². The summed E-state index contributed by atoms with van der Waals surface area (Å²) < 4.78 is 5.28. The second-order valence-electron chi connectivity index (χ2n) is 6.83. The van der Waals surface area contributed by atoms with Gasteiger partial charge in [-0.05, 0) is 33.1 Å². The first-order chi connectivity index (χ1) is 10.7. The van der Waals surface area contributed by atoms with Gasteiger partial charge >= 0.3 is 12.1 Å². The Bertz CT molecular complexity index is 509. The lowest BCUT2D eigenvalue weighted by Crippen LogP contribution is -2.36. The highest BCUT2D eigenvalue weighted by atomic mass is 16.7. The van der Waals surface area contributed by atoms with Gasteiger partial charge in [-0.15, -0.1) is 5.06 Å². The molecule has 2 aliphatic rings. The predicted octanol–water partition coefficient (Wildman–Crippen LogP) is 1.24. The van der Waals surface area contributed by atoms with E-state index in [0.717, 1.165) is 0 Å². The molecule has 1 unspecified atom stereocenters. The molecule has 0 aromatic carbocycles. The number of nitrogens with zero attached hydrogens (tertiary/aromatic N) is 2. The molecule has 8 heteroatoms. The minimum absolute atomic E-state index is 0.0519. The SMILES string of the molecule is CC(C)(C)OC(=O)N1CCC(CC(=O)ON2C(=O)CCC2=O)C1. The van der Waals surface area contributed by atoms with Gasteiger partial charge in [0.1, 0.15) is 5.60 Å². The van der Waals surface area contributed by atoms with Crippen LogP contribution >= 0.6 is 0 Å². The van der Waals surface area contributed by atoms with E-state index in [1.165, 1.54) is 0 Å². The van der Waals surface area contributed by atoms with Crippen molar-refractivity contribution >= 4 is 23.9 Å². The zero-order chi connectivity index (χ0) is 17.2. The third kappa shape index (κ3) is 4.67. The molecular formula is C15H22N2O6. The molecule has 8 nitrogen and oxygen atoms in total. The molecule has 0 radical (unpaired) electrons. The van der Waals surface area contributed by atoms with E-state index in [2.05, 4.69) is 0 Å². The molecule has 0 N–H and O–H groups in total. The highest BCUT2D eigenvalue weighted by Crippen LogP contribution is 2.23. The first-order valence-corrected chi connectivity index (χ1v) is 7.70. The molecule has 1 atom stereocenters. The molecule has 0 aliphatic carbocycles. The molecule has 0 spiro atoms. The van der Waals surface area contributed by atoms with Crippen molar-refractivity contribution in [3.8, 4) is 0 Å². The Hall–Kier alpha value is -2.12. The summed E-state index contributed by atoms with van der Waals surface area (Å²) in [4.78, 5) is 53.0. The van der Waals surface area contributed by atoms with Crippen molar-refractivity contribution in [1.82, 2.24) is 9.96 Å². The molecular weight excluding hydrogens is 304 g/mol. The number of ether oxygens (including phenoxy) is 1. The molecule has 0 aromatic heterocycles. The number of likely N-dealkylation sites (tertiary alicyclic amines) is 1. The summed E-state index contributed by atoms with van der Waals surface area (Å²) in [6.45, 7) is 6.28. The number of carbonyl (C=O) groups is 4. The Morgan fingerprint density at radius 2 is 1.78 bits per heavy atom. The zero-order valence-corrected chi connectivity index (χ0v) is 13.7. The lowest BCUT2D eigenvalue weighted by Gasteiger charge is -2.24. The largest absolute Gasteiger partial charge is 0.444 e. The lowest BCUT2D eigenvalue weighted by molar-refractivity contribution is -0.198. The lowest BCUT2D eigenvalue weighted by atomic mass is 10.1. The number of amides is 3. The van der Waals surface area contributed by atoms with Crippen LogP contribution in [0, 0.1) is 5.92 Å². The third-order valence-electron chi connectivity index (χ3n) is 3.59. The van der Waals surface area contributed by atoms with Gasteiger partial charge in [-0.3, -0.25) is 9.59 Å². The van der Waals surface area contributed by atoms with Crippen LogP contribution in [0.2, 0.25) is 0 Å². The van der Waals surface area contributed by atoms with Gasteiger partial charge in [0.2, 0.25) is 0 Å². The third-order valence-corrected chi connectivity index (χ3v) is 3.59. The van der Waals surface area contributed by atoms with Crippen LogP contribution in [0.1, 0.15) is 46.5 Å². The van der Waals surface area contributed by atoms with E-state index in [-0.39, 0.29) is 25.2 Å². The predicted molar refractivity (Wildman–Crippen MR) is 77.7 cm³/mol. The van der Waals surface area contributed by atoms with Crippen LogP contribution in [0.4, 0.5) is 4.79 Å². The van der Waals surface area contributed by atoms with Crippen LogP contribution in [-0.4, -0.2) is 52.5 Å². The van der Waals surface area contributed by atoms with Crippen LogP contribution in [0.5, 0.6) is 0 Å². The quantitative estimate of drug-likeness (QED) is 0.724. The zero-order valence-electron chi connectivity index (χ0n) is 13.7. The van der Waals surface area contributed by atoms with Gasteiger partial charge in [0.25, 0.3) is 11.8 Å². The van der Waals surface area contributed by atoms with E-state index in [4.69, 9.17) is 9.57 Å². The number of hydrogen-bond acceptors (Lipinski definition) is 6. The summed E-state index contributed by atoms with van der Waals surface area (Å²) in [7, 11) is 0. The molecule has 2 saturated heterocycles. The van der Waals surface area contributed by atoms with Gasteiger partial charge in [0.05, 0.1) is 6.42 Å². The first kappa shape index (κ1) is 17.2. The summed E-state index contributed by atoms with van der Waals surface area (Å²) >= 11 is 0. The van der Waals surface area contributed by atoms with Crippen LogP contribution in [-0.2, 0) is 24.0 Å². The molecule has 2 heterocycles. The summed E-state index contributed by atoms with van der Waals surface area (Å²) in [6, 6.07) is 0. The molecule has 23 heavy (non-hydrogen) atoms. The molecule has 3 amide bonds. The Balaban J connectivity index is 1.79. The van der Waals surface area contributed by atoms with Gasteiger partial charge in [0, 0.05) is 25.9 Å². The van der Waals surface area contributed by atoms with Crippen molar-refractivity contribution in [1.29, 1.82) is 0 Å². The Morgan fingerprint density at radius 1 is 1.17 bits per heavy atom. The van der Waals surface area contributed by atoms with Crippen molar-refractivity contribution in [3.63, 3.8) is 0 Å². The molecule has 2 aliphatic heterocycles. The smallest absolute Gasteiger partial charge is 0.410 e. The minimum Gasteiger partial charge on any atom is -0.444 e. The average Bonchev–Trinajstić information content (AvgIpc) is 2.99. The van der Waals surface area contributed by atoms with Gasteiger partial charge in [-0.25, -0.2) is 9.59 Å². The molecule has 0 saturated carbocycles. The Kier molecular flexibility index (Phi) is 4.91. The van der Waals surface area contributed by atoms with Crippen molar-refractivity contribution in [2.45, 2.75) is 52.1 Å². The maximum absolute atomic E-state index is 11.9. The molecule has 128 valence electrons. The fourth-order valence-corrected chi connectivity index (χ4v) is 2.52. The van der Waals surface area contributed by atoms with E-state index in [9.17, 15) is 19.2 Å². The van der Waals surface area contributed by atoms with Crippen molar-refractivity contribution < 1.29 is 28.8 Å². The van der Waals surface area contributed by atoms with E-state index in [1.54, 1.807) is 25.7 Å². The number of imide groups is 1. The Labute approximate surface area is 134 Å². The second kappa shape index (κ2) is 6.55. The van der Waals surface area contributed by atoms with Crippen molar-refractivity contribution in [3.05, 3.63) is 0 Å². The first-order valence-electron chi connectivity index (χ1n) is 7.70. The maximum atomic E-state index is 11.9. The van der Waals surface area contributed by atoms with Crippen LogP contribution in [0.15, 0.2) is 0 Å². The fourth-order valence-electron chi connectivity index (χ4n) is 2.52. The highest BCUT2D eigenvalue weighted by molar-refractivity contribution is 6.01. The summed E-state index contributed by atoms with van der Waals surface area (Å²) in [5, 5.41) is 0.545. The van der Waals surface area contributed by atoms with Gasteiger partial charge in [0.15, 0.2) is 0 Å². The van der Waals surface area contributed by atoms with Crippen molar-refractivity contribution in [2.75, 3.05) is 13.1 Å².